The predicted octanol–water partition coefficient (Wildman–Crippen LogP) is 2.40. The number of aryl methyl sites for hydroxylation is 1. The van der Waals surface area contributed by atoms with Gasteiger partial charge in [0.25, 0.3) is 0 Å². The Balaban J connectivity index is 1.78. The van der Waals surface area contributed by atoms with Crippen molar-refractivity contribution in [1.82, 2.24) is 15.2 Å². The molecule has 1 fully saturated rings. The Hall–Kier alpha value is -1.31. The van der Waals surface area contributed by atoms with Crippen LogP contribution in [0.3, 0.4) is 0 Å². The van der Waals surface area contributed by atoms with Gasteiger partial charge in [-0.2, -0.15) is 0 Å². The minimum absolute atomic E-state index is 0.0319. The smallest absolute Gasteiger partial charge is 0.248 e. The van der Waals surface area contributed by atoms with Crippen molar-refractivity contribution < 1.29 is 4.79 Å². The molecule has 3 heterocycles. The van der Waals surface area contributed by atoms with Crippen LogP contribution in [-0.4, -0.2) is 27.4 Å². The molecule has 0 radical (unpaired) electrons. The summed E-state index contributed by atoms with van der Waals surface area (Å²) in [6, 6.07) is 4.08. The molecule has 0 aromatic carbocycles. The minimum Gasteiger partial charge on any atom is -0.353 e. The molecule has 1 saturated heterocycles. The van der Waals surface area contributed by atoms with Gasteiger partial charge >= 0.3 is 0 Å². The SMILES string of the molecule is Cc1nc(-c2ccc(CN3C(=O)CNC3=S)s2)cs1. The number of thiocarbonyl (C=S) groups is 1. The summed E-state index contributed by atoms with van der Waals surface area (Å²) in [6.07, 6.45) is 0. The first-order valence-electron chi connectivity index (χ1n) is 5.73. The van der Waals surface area contributed by atoms with Crippen molar-refractivity contribution in [2.24, 2.45) is 0 Å². The average molecular weight is 309 g/mol. The van der Waals surface area contributed by atoms with Crippen molar-refractivity contribution in [1.29, 1.82) is 0 Å². The zero-order valence-electron chi connectivity index (χ0n) is 10.2. The molecule has 7 heteroatoms. The van der Waals surface area contributed by atoms with Gasteiger partial charge in [0.2, 0.25) is 5.91 Å². The van der Waals surface area contributed by atoms with E-state index in [1.807, 2.05) is 19.1 Å². The molecule has 0 atom stereocenters. The lowest BCUT2D eigenvalue weighted by molar-refractivity contribution is -0.124. The van der Waals surface area contributed by atoms with Crippen LogP contribution in [0, 0.1) is 6.92 Å². The number of rotatable bonds is 3. The van der Waals surface area contributed by atoms with E-state index in [1.54, 1.807) is 27.6 Å². The molecule has 2 aromatic heterocycles. The first-order chi connectivity index (χ1) is 9.13. The van der Waals surface area contributed by atoms with Crippen LogP contribution in [0.5, 0.6) is 0 Å². The Labute approximate surface area is 124 Å². The summed E-state index contributed by atoms with van der Waals surface area (Å²) < 4.78 is 0. The highest BCUT2D eigenvalue weighted by Crippen LogP contribution is 2.29. The fourth-order valence-electron chi connectivity index (χ4n) is 1.85. The quantitative estimate of drug-likeness (QED) is 0.884. The van der Waals surface area contributed by atoms with Crippen molar-refractivity contribution in [2.75, 3.05) is 6.54 Å². The molecule has 1 aliphatic rings. The molecule has 1 N–H and O–H groups in total. The average Bonchev–Trinajstić information content (AvgIpc) is 3.06. The van der Waals surface area contributed by atoms with Crippen LogP contribution in [0.4, 0.5) is 0 Å². The molecule has 0 aliphatic carbocycles. The predicted molar refractivity (Wildman–Crippen MR) is 81.3 cm³/mol. The lowest BCUT2D eigenvalue weighted by Gasteiger charge is -2.12. The van der Waals surface area contributed by atoms with Crippen LogP contribution < -0.4 is 5.32 Å². The molecule has 0 bridgehead atoms. The maximum absolute atomic E-state index is 11.6. The summed E-state index contributed by atoms with van der Waals surface area (Å²) in [7, 11) is 0. The van der Waals surface area contributed by atoms with Crippen LogP contribution in [0.1, 0.15) is 9.88 Å². The molecular formula is C12H11N3OS3. The summed E-state index contributed by atoms with van der Waals surface area (Å²) in [5.41, 5.74) is 1.01. The van der Waals surface area contributed by atoms with E-state index in [4.69, 9.17) is 12.2 Å². The highest BCUT2D eigenvalue weighted by molar-refractivity contribution is 7.80. The third-order valence-electron chi connectivity index (χ3n) is 2.78. The van der Waals surface area contributed by atoms with E-state index in [-0.39, 0.29) is 5.91 Å². The Kier molecular flexibility index (Phi) is 3.34. The van der Waals surface area contributed by atoms with E-state index in [9.17, 15) is 4.79 Å². The molecule has 0 unspecified atom stereocenters. The van der Waals surface area contributed by atoms with Crippen LogP contribution in [-0.2, 0) is 11.3 Å². The first-order valence-corrected chi connectivity index (χ1v) is 7.83. The van der Waals surface area contributed by atoms with Crippen molar-refractivity contribution >= 4 is 45.9 Å². The number of aromatic nitrogens is 1. The largest absolute Gasteiger partial charge is 0.353 e. The van der Waals surface area contributed by atoms with Gasteiger partial charge in [0.1, 0.15) is 0 Å². The number of hydrogen-bond donors (Lipinski definition) is 1. The van der Waals surface area contributed by atoms with E-state index in [0.29, 0.717) is 18.2 Å². The Morgan fingerprint density at radius 2 is 2.37 bits per heavy atom. The van der Waals surface area contributed by atoms with E-state index >= 15 is 0 Å². The van der Waals surface area contributed by atoms with Crippen molar-refractivity contribution in [3.63, 3.8) is 0 Å². The summed E-state index contributed by atoms with van der Waals surface area (Å²) in [5, 5.41) is 6.52. The van der Waals surface area contributed by atoms with E-state index < -0.39 is 0 Å². The third-order valence-corrected chi connectivity index (χ3v) is 5.01. The molecule has 98 valence electrons. The number of amides is 1. The topological polar surface area (TPSA) is 45.2 Å². The minimum atomic E-state index is 0.0319. The number of thiophene rings is 1. The second-order valence-electron chi connectivity index (χ2n) is 4.16. The maximum Gasteiger partial charge on any atom is 0.248 e. The van der Waals surface area contributed by atoms with Gasteiger partial charge in [-0.3, -0.25) is 9.69 Å². The highest BCUT2D eigenvalue weighted by atomic mass is 32.1. The van der Waals surface area contributed by atoms with Crippen LogP contribution in [0.25, 0.3) is 10.6 Å². The number of nitrogens with zero attached hydrogens (tertiary/aromatic N) is 2. The summed E-state index contributed by atoms with van der Waals surface area (Å²) in [5.74, 6) is 0.0319. The second kappa shape index (κ2) is 4.99. The maximum atomic E-state index is 11.6. The fraction of sp³-hybridized carbons (Fsp3) is 0.250. The van der Waals surface area contributed by atoms with Crippen molar-refractivity contribution in [3.05, 3.63) is 27.4 Å². The lowest BCUT2D eigenvalue weighted by atomic mass is 10.3. The fourth-order valence-corrected chi connectivity index (χ4v) is 3.73. The normalized spacial score (nSPS) is 15.1. The number of nitrogens with one attached hydrogen (secondary N) is 1. The van der Waals surface area contributed by atoms with E-state index in [2.05, 4.69) is 15.7 Å². The number of carbonyl (C=O) groups excluding carboxylic acids is 1. The molecule has 0 saturated carbocycles. The van der Waals surface area contributed by atoms with Crippen molar-refractivity contribution in [2.45, 2.75) is 13.5 Å². The van der Waals surface area contributed by atoms with Gasteiger partial charge < -0.3 is 5.32 Å². The van der Waals surface area contributed by atoms with E-state index in [0.717, 1.165) is 20.5 Å². The molecule has 3 rings (SSSR count). The van der Waals surface area contributed by atoms with Gasteiger partial charge in [-0.05, 0) is 31.3 Å². The molecule has 19 heavy (non-hydrogen) atoms. The molecule has 1 aliphatic heterocycles. The summed E-state index contributed by atoms with van der Waals surface area (Å²) >= 11 is 8.40. The number of thiazole rings is 1. The zero-order valence-corrected chi connectivity index (χ0v) is 12.6. The molecule has 4 nitrogen and oxygen atoms in total. The van der Waals surface area contributed by atoms with Gasteiger partial charge in [0, 0.05) is 10.3 Å². The summed E-state index contributed by atoms with van der Waals surface area (Å²) in [6.45, 7) is 2.84. The van der Waals surface area contributed by atoms with Gasteiger partial charge in [-0.25, -0.2) is 4.98 Å². The van der Waals surface area contributed by atoms with Gasteiger partial charge in [0.15, 0.2) is 5.11 Å². The Morgan fingerprint density at radius 3 is 3.00 bits per heavy atom. The summed E-state index contributed by atoms with van der Waals surface area (Å²) in [4.78, 5) is 20.0. The van der Waals surface area contributed by atoms with E-state index in [1.165, 1.54) is 0 Å². The standard InChI is InChI=1S/C12H11N3OS3/c1-7-14-9(6-18-7)10-3-2-8(19-10)5-15-11(16)4-13-12(15)17/h2-3,6H,4-5H2,1H3,(H,13,17). The lowest BCUT2D eigenvalue weighted by Crippen LogP contribution is -2.29. The molecule has 2 aromatic rings. The third kappa shape index (κ3) is 2.54. The van der Waals surface area contributed by atoms with Crippen LogP contribution in [0.2, 0.25) is 0 Å². The van der Waals surface area contributed by atoms with Crippen LogP contribution >= 0.6 is 34.9 Å². The monoisotopic (exact) mass is 309 g/mol. The molecular weight excluding hydrogens is 298 g/mol. The number of carbonyl (C=O) groups is 1. The van der Waals surface area contributed by atoms with Gasteiger partial charge in [-0.1, -0.05) is 0 Å². The highest BCUT2D eigenvalue weighted by Gasteiger charge is 2.25. The Bertz CT molecular complexity index is 630. The Morgan fingerprint density at radius 1 is 1.53 bits per heavy atom. The molecule has 1 amide bonds. The molecule has 0 spiro atoms. The zero-order chi connectivity index (χ0) is 13.4. The first kappa shape index (κ1) is 12.7. The number of hydrogen-bond acceptors (Lipinski definition) is 5. The van der Waals surface area contributed by atoms with Gasteiger partial charge in [-0.15, -0.1) is 22.7 Å². The van der Waals surface area contributed by atoms with Crippen LogP contribution in [0.15, 0.2) is 17.5 Å². The second-order valence-corrected chi connectivity index (χ2v) is 6.77. The van der Waals surface area contributed by atoms with Gasteiger partial charge in [0.05, 0.1) is 28.7 Å². The van der Waals surface area contributed by atoms with Crippen molar-refractivity contribution in [3.8, 4) is 10.6 Å².